The SMILES string of the molecule is C=CCN(C(=O)O)c1ccc(F)c(C(=O)Cc2ccnc(Cl)n2)c1. The molecule has 2 aromatic rings. The van der Waals surface area contributed by atoms with Gasteiger partial charge in [-0.2, -0.15) is 0 Å². The van der Waals surface area contributed by atoms with E-state index in [1.54, 1.807) is 0 Å². The molecule has 124 valence electrons. The van der Waals surface area contributed by atoms with E-state index in [0.717, 1.165) is 11.0 Å². The molecule has 24 heavy (non-hydrogen) atoms. The predicted molar refractivity (Wildman–Crippen MR) is 87.0 cm³/mol. The molecule has 0 aliphatic heterocycles. The van der Waals surface area contributed by atoms with Gasteiger partial charge in [0.05, 0.1) is 17.7 Å². The molecule has 1 amide bonds. The van der Waals surface area contributed by atoms with E-state index in [1.807, 2.05) is 0 Å². The van der Waals surface area contributed by atoms with Gasteiger partial charge in [0.2, 0.25) is 5.28 Å². The zero-order valence-electron chi connectivity index (χ0n) is 12.4. The van der Waals surface area contributed by atoms with Crippen LogP contribution in [-0.4, -0.2) is 33.5 Å². The number of carbonyl (C=O) groups excluding carboxylic acids is 1. The molecule has 0 aliphatic carbocycles. The van der Waals surface area contributed by atoms with E-state index < -0.39 is 17.7 Å². The van der Waals surface area contributed by atoms with E-state index >= 15 is 0 Å². The van der Waals surface area contributed by atoms with Gasteiger partial charge in [-0.05, 0) is 35.9 Å². The van der Waals surface area contributed by atoms with Crippen LogP contribution >= 0.6 is 11.6 Å². The Morgan fingerprint density at radius 2 is 2.12 bits per heavy atom. The van der Waals surface area contributed by atoms with Gasteiger partial charge in [0.15, 0.2) is 5.78 Å². The minimum Gasteiger partial charge on any atom is -0.465 e. The van der Waals surface area contributed by atoms with E-state index in [9.17, 15) is 19.1 Å². The summed E-state index contributed by atoms with van der Waals surface area (Å²) in [5.74, 6) is -1.29. The van der Waals surface area contributed by atoms with E-state index in [2.05, 4.69) is 16.5 Å². The third kappa shape index (κ3) is 4.14. The van der Waals surface area contributed by atoms with Gasteiger partial charge in [-0.25, -0.2) is 19.2 Å². The maximum absolute atomic E-state index is 14.0. The summed E-state index contributed by atoms with van der Waals surface area (Å²) in [6.45, 7) is 3.48. The number of anilines is 1. The van der Waals surface area contributed by atoms with Gasteiger partial charge in [-0.3, -0.25) is 9.69 Å². The number of aromatic nitrogens is 2. The number of hydrogen-bond acceptors (Lipinski definition) is 4. The van der Waals surface area contributed by atoms with Gasteiger partial charge in [-0.15, -0.1) is 6.58 Å². The van der Waals surface area contributed by atoms with Gasteiger partial charge < -0.3 is 5.11 Å². The number of benzene rings is 1. The Morgan fingerprint density at radius 1 is 1.38 bits per heavy atom. The first-order valence-electron chi connectivity index (χ1n) is 6.84. The highest BCUT2D eigenvalue weighted by Crippen LogP contribution is 2.21. The summed E-state index contributed by atoms with van der Waals surface area (Å²) in [7, 11) is 0. The summed E-state index contributed by atoms with van der Waals surface area (Å²) < 4.78 is 14.0. The molecule has 0 bridgehead atoms. The maximum Gasteiger partial charge on any atom is 0.412 e. The molecule has 0 saturated heterocycles. The molecule has 6 nitrogen and oxygen atoms in total. The summed E-state index contributed by atoms with van der Waals surface area (Å²) in [4.78, 5) is 32.1. The smallest absolute Gasteiger partial charge is 0.412 e. The Kier molecular flexibility index (Phi) is 5.59. The largest absolute Gasteiger partial charge is 0.465 e. The molecular weight excluding hydrogens is 337 g/mol. The summed E-state index contributed by atoms with van der Waals surface area (Å²) >= 11 is 5.65. The number of amides is 1. The van der Waals surface area contributed by atoms with Crippen molar-refractivity contribution in [2.45, 2.75) is 6.42 Å². The van der Waals surface area contributed by atoms with Crippen LogP contribution in [-0.2, 0) is 6.42 Å². The van der Waals surface area contributed by atoms with Crippen LogP contribution in [0.5, 0.6) is 0 Å². The Balaban J connectivity index is 2.32. The summed E-state index contributed by atoms with van der Waals surface area (Å²) in [6, 6.07) is 5.02. The van der Waals surface area contributed by atoms with Gasteiger partial charge in [0, 0.05) is 18.4 Å². The van der Waals surface area contributed by atoms with Crippen LogP contribution in [0, 0.1) is 5.82 Å². The fourth-order valence-corrected chi connectivity index (χ4v) is 2.21. The molecular formula is C16H13ClFN3O3. The molecule has 1 heterocycles. The lowest BCUT2D eigenvalue weighted by Gasteiger charge is -2.18. The van der Waals surface area contributed by atoms with Crippen molar-refractivity contribution >= 4 is 29.2 Å². The number of Topliss-reactive ketones (excluding diaryl/α,β-unsaturated/α-hetero) is 1. The van der Waals surface area contributed by atoms with Gasteiger partial charge >= 0.3 is 6.09 Å². The predicted octanol–water partition coefficient (Wildman–Crippen LogP) is 3.36. The van der Waals surface area contributed by atoms with Crippen molar-refractivity contribution in [3.8, 4) is 0 Å². The minimum absolute atomic E-state index is 0.0100. The molecule has 0 fully saturated rings. The first-order valence-corrected chi connectivity index (χ1v) is 7.21. The van der Waals surface area contributed by atoms with Crippen molar-refractivity contribution < 1.29 is 19.1 Å². The van der Waals surface area contributed by atoms with Gasteiger partial charge in [0.1, 0.15) is 5.82 Å². The lowest BCUT2D eigenvalue weighted by Crippen LogP contribution is -2.29. The molecule has 2 rings (SSSR count). The van der Waals surface area contributed by atoms with Crippen LogP contribution in [0.2, 0.25) is 5.28 Å². The zero-order chi connectivity index (χ0) is 17.7. The second kappa shape index (κ2) is 7.65. The Morgan fingerprint density at radius 3 is 2.75 bits per heavy atom. The summed E-state index contributed by atoms with van der Waals surface area (Å²) in [6.07, 6.45) is 1.36. The Labute approximate surface area is 142 Å². The minimum atomic E-state index is -1.23. The van der Waals surface area contributed by atoms with Crippen LogP contribution in [0.4, 0.5) is 14.9 Å². The van der Waals surface area contributed by atoms with Gasteiger partial charge in [0.25, 0.3) is 0 Å². The van der Waals surface area contributed by atoms with Crippen molar-refractivity contribution in [1.82, 2.24) is 9.97 Å². The topological polar surface area (TPSA) is 83.4 Å². The Bertz CT molecular complexity index is 798. The summed E-state index contributed by atoms with van der Waals surface area (Å²) in [5, 5.41) is 9.17. The van der Waals surface area contributed by atoms with E-state index in [-0.39, 0.29) is 29.5 Å². The zero-order valence-corrected chi connectivity index (χ0v) is 13.2. The summed E-state index contributed by atoms with van der Waals surface area (Å²) in [5.41, 5.74) is 0.288. The highest BCUT2D eigenvalue weighted by Gasteiger charge is 2.18. The maximum atomic E-state index is 14.0. The number of hydrogen-bond donors (Lipinski definition) is 1. The molecule has 0 radical (unpaired) electrons. The third-order valence-electron chi connectivity index (χ3n) is 3.13. The molecule has 1 aromatic carbocycles. The lowest BCUT2D eigenvalue weighted by molar-refractivity contribution is 0.0988. The molecule has 0 atom stereocenters. The number of nitrogens with zero attached hydrogens (tertiary/aromatic N) is 3. The quantitative estimate of drug-likeness (QED) is 0.491. The van der Waals surface area contributed by atoms with E-state index in [4.69, 9.17) is 11.6 Å². The lowest BCUT2D eigenvalue weighted by atomic mass is 10.0. The normalized spacial score (nSPS) is 10.2. The monoisotopic (exact) mass is 349 g/mol. The average Bonchev–Trinajstić information content (AvgIpc) is 2.53. The molecule has 0 spiro atoms. The van der Waals surface area contributed by atoms with Crippen LogP contribution in [0.25, 0.3) is 0 Å². The standard InChI is InChI=1S/C16H13ClFN3O3/c1-2-7-21(16(23)24)11-3-4-13(18)12(9-11)14(22)8-10-5-6-19-15(17)20-10/h2-6,9H,1,7-8H2,(H,23,24). The first kappa shape index (κ1) is 17.6. The first-order chi connectivity index (χ1) is 11.4. The Hall–Kier alpha value is -2.80. The highest BCUT2D eigenvalue weighted by atomic mass is 35.5. The van der Waals surface area contributed by atoms with Crippen molar-refractivity contribution in [1.29, 1.82) is 0 Å². The van der Waals surface area contributed by atoms with Crippen molar-refractivity contribution in [3.05, 3.63) is 65.5 Å². The molecule has 0 aliphatic rings. The third-order valence-corrected chi connectivity index (χ3v) is 3.31. The average molecular weight is 350 g/mol. The van der Waals surface area contributed by atoms with E-state index in [1.165, 1.54) is 30.5 Å². The molecule has 1 aromatic heterocycles. The number of carboxylic acid groups (broad SMARTS) is 1. The van der Waals surface area contributed by atoms with Crippen molar-refractivity contribution in [3.63, 3.8) is 0 Å². The second-order valence-corrected chi connectivity index (χ2v) is 5.10. The molecule has 1 N–H and O–H groups in total. The molecule has 0 unspecified atom stereocenters. The number of rotatable bonds is 6. The number of halogens is 2. The fourth-order valence-electron chi connectivity index (χ4n) is 2.05. The number of ketones is 1. The van der Waals surface area contributed by atoms with Crippen molar-refractivity contribution in [2.24, 2.45) is 0 Å². The van der Waals surface area contributed by atoms with E-state index in [0.29, 0.717) is 5.69 Å². The van der Waals surface area contributed by atoms with Crippen molar-refractivity contribution in [2.75, 3.05) is 11.4 Å². The van der Waals surface area contributed by atoms with Crippen LogP contribution < -0.4 is 4.90 Å². The highest BCUT2D eigenvalue weighted by molar-refractivity contribution is 6.28. The number of carbonyl (C=O) groups is 2. The molecule has 8 heteroatoms. The second-order valence-electron chi connectivity index (χ2n) is 4.76. The van der Waals surface area contributed by atoms with Crippen LogP contribution in [0.1, 0.15) is 16.1 Å². The van der Waals surface area contributed by atoms with Gasteiger partial charge in [-0.1, -0.05) is 6.08 Å². The molecule has 0 saturated carbocycles. The fraction of sp³-hybridized carbons (Fsp3) is 0.125. The van der Waals surface area contributed by atoms with Crippen LogP contribution in [0.15, 0.2) is 43.1 Å². The van der Waals surface area contributed by atoms with Crippen LogP contribution in [0.3, 0.4) is 0 Å².